The molecular weight excluding hydrogens is 368 g/mol. The van der Waals surface area contributed by atoms with Gasteiger partial charge >= 0.3 is 11.9 Å². The van der Waals surface area contributed by atoms with Crippen LogP contribution in [0.4, 0.5) is 0 Å². The first-order valence-corrected chi connectivity index (χ1v) is 8.54. The predicted octanol–water partition coefficient (Wildman–Crippen LogP) is 4.70. The van der Waals surface area contributed by atoms with Crippen LogP contribution < -0.4 is 9.47 Å². The topological polar surface area (TPSA) is 52.6 Å². The number of para-hydroxylation sites is 2. The molecule has 0 bridgehead atoms. The normalized spacial score (nSPS) is 10.2. The Labute approximate surface area is 161 Å². The smallest absolute Gasteiger partial charge is 0.344 e. The van der Waals surface area contributed by atoms with E-state index in [0.717, 1.165) is 0 Å². The van der Waals surface area contributed by atoms with Gasteiger partial charge in [0.15, 0.2) is 0 Å². The maximum absolute atomic E-state index is 12.5. The fourth-order valence-electron chi connectivity index (χ4n) is 2.23. The summed E-state index contributed by atoms with van der Waals surface area (Å²) in [5.74, 6) is -0.483. The zero-order valence-electron chi connectivity index (χ0n) is 13.5. The van der Waals surface area contributed by atoms with Crippen LogP contribution in [0.25, 0.3) is 0 Å². The summed E-state index contributed by atoms with van der Waals surface area (Å²) in [6, 6.07) is 20.3. The number of rotatable bonds is 4. The highest BCUT2D eigenvalue weighted by molar-refractivity contribution is 7.80. The van der Waals surface area contributed by atoms with Crippen LogP contribution in [0.15, 0.2) is 82.6 Å². The number of thiol groups is 2. The molecule has 130 valence electrons. The molecule has 0 spiro atoms. The first-order chi connectivity index (χ1) is 12.5. The molecule has 3 rings (SSSR count). The van der Waals surface area contributed by atoms with Crippen molar-refractivity contribution in [3.05, 3.63) is 83.9 Å². The first kappa shape index (κ1) is 18.1. The van der Waals surface area contributed by atoms with E-state index in [0.29, 0.717) is 16.4 Å². The van der Waals surface area contributed by atoms with Crippen LogP contribution in [0.1, 0.15) is 20.7 Å². The zero-order chi connectivity index (χ0) is 18.5. The van der Waals surface area contributed by atoms with Crippen molar-refractivity contribution in [3.63, 3.8) is 0 Å². The Morgan fingerprint density at radius 1 is 0.654 bits per heavy atom. The average Bonchev–Trinajstić information content (AvgIpc) is 2.65. The molecule has 0 N–H and O–H groups in total. The summed E-state index contributed by atoms with van der Waals surface area (Å²) in [6.45, 7) is 0. The Morgan fingerprint density at radius 2 is 1.04 bits per heavy atom. The van der Waals surface area contributed by atoms with Crippen molar-refractivity contribution in [2.75, 3.05) is 0 Å². The Hall–Kier alpha value is -2.70. The minimum atomic E-state index is -0.633. The standard InChI is InChI=1S/C20H14O4S2/c21-19(23-13-7-3-1-4-8-13)16-11-15(25)12-17(18(16)26)20(22)24-14-9-5-2-6-10-14/h1-12,25-26H. The van der Waals surface area contributed by atoms with Gasteiger partial charge in [0.05, 0.1) is 11.1 Å². The van der Waals surface area contributed by atoms with E-state index < -0.39 is 11.9 Å². The number of ether oxygens (including phenoxy) is 2. The molecule has 3 aromatic carbocycles. The minimum Gasteiger partial charge on any atom is -0.423 e. The molecule has 0 fully saturated rings. The number of esters is 2. The van der Waals surface area contributed by atoms with Crippen molar-refractivity contribution in [3.8, 4) is 11.5 Å². The maximum Gasteiger partial charge on any atom is 0.344 e. The van der Waals surface area contributed by atoms with E-state index in [9.17, 15) is 9.59 Å². The lowest BCUT2D eigenvalue weighted by molar-refractivity contribution is 0.0727. The van der Waals surface area contributed by atoms with Gasteiger partial charge in [0.2, 0.25) is 0 Å². The lowest BCUT2D eigenvalue weighted by Gasteiger charge is -2.11. The van der Waals surface area contributed by atoms with E-state index in [2.05, 4.69) is 25.3 Å². The van der Waals surface area contributed by atoms with Gasteiger partial charge in [0, 0.05) is 9.79 Å². The van der Waals surface area contributed by atoms with Gasteiger partial charge in [0.1, 0.15) is 11.5 Å². The molecule has 0 amide bonds. The van der Waals surface area contributed by atoms with E-state index in [1.165, 1.54) is 12.1 Å². The van der Waals surface area contributed by atoms with E-state index in [4.69, 9.17) is 9.47 Å². The van der Waals surface area contributed by atoms with Gasteiger partial charge in [-0.25, -0.2) is 9.59 Å². The number of carbonyl (C=O) groups excluding carboxylic acids is 2. The summed E-state index contributed by atoms with van der Waals surface area (Å²) in [7, 11) is 0. The largest absolute Gasteiger partial charge is 0.423 e. The Kier molecular flexibility index (Phi) is 5.65. The van der Waals surface area contributed by atoms with Crippen LogP contribution in [-0.2, 0) is 0 Å². The van der Waals surface area contributed by atoms with Gasteiger partial charge < -0.3 is 9.47 Å². The van der Waals surface area contributed by atoms with Crippen LogP contribution >= 0.6 is 25.3 Å². The van der Waals surface area contributed by atoms with Crippen molar-refractivity contribution in [2.45, 2.75) is 9.79 Å². The van der Waals surface area contributed by atoms with Crippen molar-refractivity contribution in [1.82, 2.24) is 0 Å². The monoisotopic (exact) mass is 382 g/mol. The van der Waals surface area contributed by atoms with Gasteiger partial charge in [-0.2, -0.15) is 0 Å². The second kappa shape index (κ2) is 8.12. The molecule has 0 radical (unpaired) electrons. The van der Waals surface area contributed by atoms with Gasteiger partial charge in [-0.15, -0.1) is 25.3 Å². The quantitative estimate of drug-likeness (QED) is 0.390. The summed E-state index contributed by atoms with van der Waals surface area (Å²) in [6.07, 6.45) is 0. The number of carbonyl (C=O) groups is 2. The molecule has 6 heteroatoms. The third kappa shape index (κ3) is 4.28. The van der Waals surface area contributed by atoms with E-state index in [-0.39, 0.29) is 16.0 Å². The zero-order valence-corrected chi connectivity index (χ0v) is 15.2. The molecule has 0 aliphatic heterocycles. The lowest BCUT2D eigenvalue weighted by atomic mass is 10.1. The molecule has 4 nitrogen and oxygen atoms in total. The van der Waals surface area contributed by atoms with E-state index >= 15 is 0 Å². The highest BCUT2D eigenvalue weighted by Crippen LogP contribution is 2.26. The average molecular weight is 382 g/mol. The fourth-order valence-corrected chi connectivity index (χ4v) is 2.80. The second-order valence-electron chi connectivity index (χ2n) is 5.29. The van der Waals surface area contributed by atoms with Gasteiger partial charge in [-0.05, 0) is 36.4 Å². The Morgan fingerprint density at radius 3 is 1.42 bits per heavy atom. The number of hydrogen-bond donors (Lipinski definition) is 2. The molecule has 0 unspecified atom stereocenters. The van der Waals surface area contributed by atoms with E-state index in [1.54, 1.807) is 48.5 Å². The molecule has 0 saturated heterocycles. The van der Waals surface area contributed by atoms with Crippen molar-refractivity contribution < 1.29 is 19.1 Å². The SMILES string of the molecule is O=C(Oc1ccccc1)c1cc(S)cc(C(=O)Oc2ccccc2)c1S. The minimum absolute atomic E-state index is 0.129. The fraction of sp³-hybridized carbons (Fsp3) is 0. The highest BCUT2D eigenvalue weighted by atomic mass is 32.1. The van der Waals surface area contributed by atoms with Crippen LogP contribution in [0, 0.1) is 0 Å². The molecule has 0 heterocycles. The number of hydrogen-bond acceptors (Lipinski definition) is 6. The molecule has 0 aliphatic carbocycles. The van der Waals surface area contributed by atoms with Crippen LogP contribution in [0.2, 0.25) is 0 Å². The van der Waals surface area contributed by atoms with E-state index in [1.807, 2.05) is 12.1 Å². The first-order valence-electron chi connectivity index (χ1n) is 7.65. The lowest BCUT2D eigenvalue weighted by Crippen LogP contribution is -2.15. The summed E-state index contributed by atoms with van der Waals surface area (Å²) >= 11 is 8.60. The molecule has 0 aliphatic rings. The van der Waals surface area contributed by atoms with Gasteiger partial charge in [0.25, 0.3) is 0 Å². The van der Waals surface area contributed by atoms with Crippen LogP contribution in [-0.4, -0.2) is 11.9 Å². The van der Waals surface area contributed by atoms with Gasteiger partial charge in [-0.3, -0.25) is 0 Å². The Balaban J connectivity index is 1.88. The second-order valence-corrected chi connectivity index (χ2v) is 6.26. The molecule has 0 aromatic heterocycles. The van der Waals surface area contributed by atoms with Crippen molar-refractivity contribution in [2.24, 2.45) is 0 Å². The molecule has 3 aromatic rings. The summed E-state index contributed by atoms with van der Waals surface area (Å²) in [5, 5.41) is 0. The predicted molar refractivity (Wildman–Crippen MR) is 104 cm³/mol. The highest BCUT2D eigenvalue weighted by Gasteiger charge is 2.21. The molecular formula is C20H14O4S2. The third-order valence-corrected chi connectivity index (χ3v) is 4.18. The van der Waals surface area contributed by atoms with Crippen molar-refractivity contribution >= 4 is 37.2 Å². The summed E-state index contributed by atoms with van der Waals surface area (Å²) in [5.41, 5.74) is 0.259. The van der Waals surface area contributed by atoms with Gasteiger partial charge in [-0.1, -0.05) is 36.4 Å². The summed E-state index contributed by atoms with van der Waals surface area (Å²) < 4.78 is 10.6. The van der Waals surface area contributed by atoms with Crippen LogP contribution in [0.3, 0.4) is 0 Å². The molecule has 0 atom stereocenters. The van der Waals surface area contributed by atoms with Crippen LogP contribution in [0.5, 0.6) is 11.5 Å². The number of benzene rings is 3. The molecule has 0 saturated carbocycles. The summed E-state index contributed by atoms with van der Waals surface area (Å²) in [4.78, 5) is 25.5. The third-order valence-electron chi connectivity index (χ3n) is 3.44. The van der Waals surface area contributed by atoms with Crippen molar-refractivity contribution in [1.29, 1.82) is 0 Å². The maximum atomic E-state index is 12.5. The Bertz CT molecular complexity index is 866. The molecule has 26 heavy (non-hydrogen) atoms.